The molecule has 2 aromatic carbocycles. The molecule has 2 N–H and O–H groups in total. The third-order valence-corrected chi connectivity index (χ3v) is 3.97. The van der Waals surface area contributed by atoms with Gasteiger partial charge in [0.15, 0.2) is 0 Å². The molecule has 0 bridgehead atoms. The van der Waals surface area contributed by atoms with Crippen LogP contribution < -0.4 is 0 Å². The molecule has 2 aromatic heterocycles. The molecule has 6 nitrogen and oxygen atoms in total. The van der Waals surface area contributed by atoms with E-state index in [4.69, 9.17) is 12.2 Å². The van der Waals surface area contributed by atoms with Crippen LogP contribution in [0.2, 0.25) is 0 Å². The van der Waals surface area contributed by atoms with Crippen molar-refractivity contribution in [2.45, 2.75) is 0 Å². The Balaban J connectivity index is 1.69. The molecule has 0 aliphatic rings. The lowest BCUT2D eigenvalue weighted by Crippen LogP contribution is -1.95. The first-order valence-corrected chi connectivity index (χ1v) is 8.20. The molecule has 0 unspecified atom stereocenters. The highest BCUT2D eigenvalue weighted by Gasteiger charge is 2.12. The third kappa shape index (κ3) is 3.22. The summed E-state index contributed by atoms with van der Waals surface area (Å²) in [4.78, 5) is 0. The summed E-state index contributed by atoms with van der Waals surface area (Å²) >= 11 is 5.24. The molecule has 0 radical (unpaired) electrons. The van der Waals surface area contributed by atoms with Crippen molar-refractivity contribution >= 4 is 18.4 Å². The fourth-order valence-electron chi connectivity index (χ4n) is 2.48. The standard InChI is InChI=1S/C18H13FN6S/c19-14-8-4-5-12(9-14)11-20-25-17(23-24-18(25)26)16-10-15(21-22-16)13-6-2-1-3-7-13/h1-11H,(H,21,22)(H,24,26). The first kappa shape index (κ1) is 16.1. The zero-order chi connectivity index (χ0) is 17.9. The largest absolute Gasteiger partial charge is 0.274 e. The number of hydrogen-bond acceptors (Lipinski definition) is 4. The summed E-state index contributed by atoms with van der Waals surface area (Å²) in [5.41, 5.74) is 3.05. The molecule has 0 saturated heterocycles. The highest BCUT2D eigenvalue weighted by atomic mass is 32.1. The molecular weight excluding hydrogens is 351 g/mol. The normalized spacial score (nSPS) is 11.3. The number of H-pyrrole nitrogens is 2. The van der Waals surface area contributed by atoms with Crippen LogP contribution in [-0.2, 0) is 0 Å². The molecule has 0 saturated carbocycles. The third-order valence-electron chi connectivity index (χ3n) is 3.71. The van der Waals surface area contributed by atoms with Crippen LogP contribution in [0, 0.1) is 10.6 Å². The molecule has 26 heavy (non-hydrogen) atoms. The van der Waals surface area contributed by atoms with Crippen molar-refractivity contribution in [2.24, 2.45) is 5.10 Å². The smallest absolute Gasteiger partial charge is 0.216 e. The number of nitrogens with zero attached hydrogens (tertiary/aromatic N) is 4. The Bertz CT molecular complexity index is 1130. The zero-order valence-electron chi connectivity index (χ0n) is 13.4. The minimum atomic E-state index is -0.328. The second kappa shape index (κ2) is 6.85. The zero-order valence-corrected chi connectivity index (χ0v) is 14.2. The van der Waals surface area contributed by atoms with Crippen LogP contribution in [0.15, 0.2) is 65.8 Å². The van der Waals surface area contributed by atoms with E-state index in [0.717, 1.165) is 11.3 Å². The van der Waals surface area contributed by atoms with Crippen molar-refractivity contribution in [1.82, 2.24) is 25.1 Å². The number of aromatic amines is 2. The van der Waals surface area contributed by atoms with Gasteiger partial charge in [-0.05, 0) is 36.0 Å². The molecule has 0 atom stereocenters. The minimum absolute atomic E-state index is 0.323. The molecule has 4 rings (SSSR count). The summed E-state index contributed by atoms with van der Waals surface area (Å²) in [5.74, 6) is 0.156. The number of nitrogens with one attached hydrogen (secondary N) is 2. The van der Waals surface area contributed by atoms with Crippen molar-refractivity contribution in [3.8, 4) is 22.8 Å². The van der Waals surface area contributed by atoms with Crippen LogP contribution >= 0.6 is 12.2 Å². The second-order valence-corrected chi connectivity index (χ2v) is 5.88. The molecule has 0 fully saturated rings. The fourth-order valence-corrected chi connectivity index (χ4v) is 2.66. The number of halogens is 1. The van der Waals surface area contributed by atoms with E-state index in [1.54, 1.807) is 12.1 Å². The van der Waals surface area contributed by atoms with Gasteiger partial charge in [-0.2, -0.15) is 20.0 Å². The summed E-state index contributed by atoms with van der Waals surface area (Å²) in [5, 5.41) is 18.5. The quantitative estimate of drug-likeness (QED) is 0.424. The van der Waals surface area contributed by atoms with Crippen LogP contribution in [0.3, 0.4) is 0 Å². The lowest BCUT2D eigenvalue weighted by molar-refractivity contribution is 0.627. The van der Waals surface area contributed by atoms with Gasteiger partial charge in [-0.15, -0.1) is 0 Å². The first-order chi connectivity index (χ1) is 12.7. The van der Waals surface area contributed by atoms with E-state index in [0.29, 0.717) is 21.9 Å². The average molecular weight is 364 g/mol. The van der Waals surface area contributed by atoms with E-state index >= 15 is 0 Å². The highest BCUT2D eigenvalue weighted by Crippen LogP contribution is 2.22. The number of benzene rings is 2. The van der Waals surface area contributed by atoms with Gasteiger partial charge in [0.05, 0.1) is 11.9 Å². The molecule has 0 aliphatic heterocycles. The summed E-state index contributed by atoms with van der Waals surface area (Å²) in [6.07, 6.45) is 1.52. The summed E-state index contributed by atoms with van der Waals surface area (Å²) < 4.78 is 15.1. The van der Waals surface area contributed by atoms with E-state index < -0.39 is 0 Å². The van der Waals surface area contributed by atoms with E-state index in [2.05, 4.69) is 25.5 Å². The van der Waals surface area contributed by atoms with E-state index in [-0.39, 0.29) is 5.82 Å². The van der Waals surface area contributed by atoms with Crippen LogP contribution in [0.1, 0.15) is 5.56 Å². The maximum atomic E-state index is 13.3. The molecule has 0 amide bonds. The van der Waals surface area contributed by atoms with Crippen LogP contribution in [0.5, 0.6) is 0 Å². The van der Waals surface area contributed by atoms with Gasteiger partial charge in [-0.1, -0.05) is 42.5 Å². The Morgan fingerprint density at radius 2 is 1.85 bits per heavy atom. The van der Waals surface area contributed by atoms with E-state index in [1.807, 2.05) is 36.4 Å². The van der Waals surface area contributed by atoms with Crippen LogP contribution in [0.4, 0.5) is 4.39 Å². The predicted octanol–water partition coefficient (Wildman–Crippen LogP) is 4.02. The maximum absolute atomic E-state index is 13.3. The Morgan fingerprint density at radius 3 is 2.65 bits per heavy atom. The van der Waals surface area contributed by atoms with Crippen molar-refractivity contribution < 1.29 is 4.39 Å². The maximum Gasteiger partial charge on any atom is 0.216 e. The van der Waals surface area contributed by atoms with Gasteiger partial charge in [0, 0.05) is 5.56 Å². The number of rotatable bonds is 4. The van der Waals surface area contributed by atoms with Crippen LogP contribution in [0.25, 0.3) is 22.8 Å². The van der Waals surface area contributed by atoms with Gasteiger partial charge in [0.25, 0.3) is 0 Å². The molecular formula is C18H13FN6S. The lowest BCUT2D eigenvalue weighted by Gasteiger charge is -1.98. The average Bonchev–Trinajstić information content (AvgIpc) is 3.28. The van der Waals surface area contributed by atoms with Crippen LogP contribution in [-0.4, -0.2) is 31.3 Å². The molecule has 0 spiro atoms. The second-order valence-electron chi connectivity index (χ2n) is 5.50. The Kier molecular flexibility index (Phi) is 4.24. The SMILES string of the molecule is Fc1cccc(C=Nn2c(-c3cc(-c4ccccc4)n[nH]3)n[nH]c2=S)c1. The predicted molar refractivity (Wildman–Crippen MR) is 99.8 cm³/mol. The molecule has 4 aromatic rings. The summed E-state index contributed by atoms with van der Waals surface area (Å²) in [6.45, 7) is 0. The van der Waals surface area contributed by atoms with Gasteiger partial charge >= 0.3 is 0 Å². The highest BCUT2D eigenvalue weighted by molar-refractivity contribution is 7.71. The molecule has 2 heterocycles. The van der Waals surface area contributed by atoms with Gasteiger partial charge in [-0.25, -0.2) is 9.49 Å². The Morgan fingerprint density at radius 1 is 1.00 bits per heavy atom. The Hall–Kier alpha value is -3.39. The van der Waals surface area contributed by atoms with Crippen molar-refractivity contribution in [3.05, 3.63) is 76.8 Å². The van der Waals surface area contributed by atoms with E-state index in [1.165, 1.54) is 23.0 Å². The number of aromatic nitrogens is 5. The van der Waals surface area contributed by atoms with Gasteiger partial charge in [-0.3, -0.25) is 5.10 Å². The number of hydrogen-bond donors (Lipinski definition) is 2. The van der Waals surface area contributed by atoms with E-state index in [9.17, 15) is 4.39 Å². The van der Waals surface area contributed by atoms with Crippen molar-refractivity contribution in [1.29, 1.82) is 0 Å². The minimum Gasteiger partial charge on any atom is -0.274 e. The summed E-state index contributed by atoms with van der Waals surface area (Å²) in [7, 11) is 0. The fraction of sp³-hybridized carbons (Fsp3) is 0. The van der Waals surface area contributed by atoms with Gasteiger partial charge in [0.1, 0.15) is 11.5 Å². The lowest BCUT2D eigenvalue weighted by atomic mass is 10.1. The molecule has 8 heteroatoms. The monoisotopic (exact) mass is 364 g/mol. The van der Waals surface area contributed by atoms with Gasteiger partial charge in [0.2, 0.25) is 10.6 Å². The topological polar surface area (TPSA) is 74.7 Å². The van der Waals surface area contributed by atoms with Gasteiger partial charge < -0.3 is 0 Å². The summed E-state index contributed by atoms with van der Waals surface area (Å²) in [6, 6.07) is 17.8. The first-order valence-electron chi connectivity index (χ1n) is 7.79. The molecule has 0 aliphatic carbocycles. The molecule has 128 valence electrons. The van der Waals surface area contributed by atoms with Crippen molar-refractivity contribution in [2.75, 3.05) is 0 Å². The Labute approximate surface area is 153 Å². The van der Waals surface area contributed by atoms with Crippen molar-refractivity contribution in [3.63, 3.8) is 0 Å².